The van der Waals surface area contributed by atoms with Crippen LogP contribution in [0.1, 0.15) is 6.92 Å². The van der Waals surface area contributed by atoms with Crippen molar-refractivity contribution in [1.29, 1.82) is 0 Å². The molecule has 1 rings (SSSR count). The van der Waals surface area contributed by atoms with Crippen LogP contribution in [0, 0.1) is 0 Å². The van der Waals surface area contributed by atoms with Crippen molar-refractivity contribution in [2.75, 3.05) is 6.54 Å². The van der Waals surface area contributed by atoms with E-state index in [9.17, 15) is 18.0 Å². The van der Waals surface area contributed by atoms with Crippen LogP contribution in [0.15, 0.2) is 11.6 Å². The number of carbonyl (C=O) groups is 2. The summed E-state index contributed by atoms with van der Waals surface area (Å²) >= 11 is 0. The van der Waals surface area contributed by atoms with Gasteiger partial charge >= 0.3 is 16.5 Å². The second kappa shape index (κ2) is 5.52. The molecule has 10 nitrogen and oxygen atoms in total. The lowest BCUT2D eigenvalue weighted by Gasteiger charge is -2.34. The van der Waals surface area contributed by atoms with Crippen molar-refractivity contribution in [3.63, 3.8) is 0 Å². The molecule has 0 saturated heterocycles. The number of hydrogen-bond acceptors (Lipinski definition) is 6. The first kappa shape index (κ1) is 15.4. The van der Waals surface area contributed by atoms with Gasteiger partial charge in [0.2, 0.25) is 5.91 Å². The third-order valence-corrected chi connectivity index (χ3v) is 2.73. The van der Waals surface area contributed by atoms with Crippen LogP contribution in [-0.2, 0) is 19.5 Å². The normalized spacial score (nSPS) is 23.9. The van der Waals surface area contributed by atoms with Crippen LogP contribution in [0.2, 0.25) is 0 Å². The molecular weight excluding hydrogens is 282 g/mol. The van der Waals surface area contributed by atoms with Crippen LogP contribution in [0.4, 0.5) is 4.79 Å². The van der Waals surface area contributed by atoms with Gasteiger partial charge in [-0.1, -0.05) is 6.08 Å². The molecule has 0 aromatic heterocycles. The minimum absolute atomic E-state index is 0.268. The highest BCUT2D eigenvalue weighted by Crippen LogP contribution is 2.18. The Morgan fingerprint density at radius 1 is 1.58 bits per heavy atom. The Kier molecular flexibility index (Phi) is 4.47. The fourth-order valence-corrected chi connectivity index (χ4v) is 2.03. The summed E-state index contributed by atoms with van der Waals surface area (Å²) in [6, 6.07) is -1.98. The van der Waals surface area contributed by atoms with Gasteiger partial charge in [-0.25, -0.2) is 4.79 Å². The number of hydroxylamine groups is 1. The molecule has 0 unspecified atom stereocenters. The van der Waals surface area contributed by atoms with Gasteiger partial charge in [0.05, 0.1) is 6.04 Å². The Hall–Kier alpha value is -1.69. The largest absolute Gasteiger partial charge is 0.465 e. The minimum atomic E-state index is -4.71. The highest BCUT2D eigenvalue weighted by atomic mass is 32.3. The summed E-state index contributed by atoms with van der Waals surface area (Å²) in [5.41, 5.74) is 7.38. The average Bonchev–Trinajstić information content (AvgIpc) is 2.23. The lowest BCUT2D eigenvalue weighted by Crippen LogP contribution is -2.55. The van der Waals surface area contributed by atoms with E-state index >= 15 is 0 Å². The van der Waals surface area contributed by atoms with Gasteiger partial charge in [0.15, 0.2) is 0 Å². The van der Waals surface area contributed by atoms with Gasteiger partial charge in [0, 0.05) is 6.54 Å². The summed E-state index contributed by atoms with van der Waals surface area (Å²) in [6.45, 7) is 1.20. The summed E-state index contributed by atoms with van der Waals surface area (Å²) in [7, 11) is -4.71. The van der Waals surface area contributed by atoms with Crippen LogP contribution < -0.4 is 11.2 Å². The number of nitrogens with one attached hydrogen (secondary N) is 1. The molecule has 0 radical (unpaired) electrons. The molecule has 1 aliphatic rings. The number of amides is 2. The van der Waals surface area contributed by atoms with Crippen LogP contribution in [0.25, 0.3) is 0 Å². The van der Waals surface area contributed by atoms with Crippen molar-refractivity contribution >= 4 is 22.4 Å². The standard InChI is InChI=1S/C8H13N3O7S/c1-4-2-5(10-18-19(15,16)17)3-11(8(13)14)6(4)7(9)12/h2,5-6,10H,3H2,1H3,(H2,9,12)(H,13,14)(H,15,16,17)/t5-,6+/m1/s1. The molecule has 2 amide bonds. The molecule has 0 spiro atoms. The molecule has 1 heterocycles. The van der Waals surface area contributed by atoms with Crippen LogP contribution >= 0.6 is 0 Å². The maximum atomic E-state index is 11.2. The van der Waals surface area contributed by atoms with Crippen molar-refractivity contribution < 1.29 is 31.9 Å². The highest BCUT2D eigenvalue weighted by Gasteiger charge is 2.35. The molecule has 0 aromatic carbocycles. The number of carboxylic acid groups (broad SMARTS) is 1. The van der Waals surface area contributed by atoms with Crippen LogP contribution in [0.3, 0.4) is 0 Å². The highest BCUT2D eigenvalue weighted by molar-refractivity contribution is 7.80. The zero-order chi connectivity index (χ0) is 14.8. The maximum Gasteiger partial charge on any atom is 0.413 e. The van der Waals surface area contributed by atoms with Gasteiger partial charge in [-0.05, 0) is 12.5 Å². The third-order valence-electron chi connectivity index (χ3n) is 2.42. The second-order valence-corrected chi connectivity index (χ2v) is 4.91. The van der Waals surface area contributed by atoms with E-state index in [0.717, 1.165) is 4.90 Å². The van der Waals surface area contributed by atoms with E-state index in [2.05, 4.69) is 4.28 Å². The van der Waals surface area contributed by atoms with Gasteiger partial charge in [-0.3, -0.25) is 14.2 Å². The van der Waals surface area contributed by atoms with Gasteiger partial charge < -0.3 is 10.8 Å². The summed E-state index contributed by atoms with van der Waals surface area (Å²) in [5.74, 6) is -0.842. The van der Waals surface area contributed by atoms with Gasteiger partial charge in [0.1, 0.15) is 6.04 Å². The molecule has 1 aliphatic heterocycles. The van der Waals surface area contributed by atoms with Gasteiger partial charge in [-0.2, -0.15) is 18.2 Å². The van der Waals surface area contributed by atoms with Crippen molar-refractivity contribution in [3.8, 4) is 0 Å². The van der Waals surface area contributed by atoms with Crippen molar-refractivity contribution in [2.24, 2.45) is 5.73 Å². The van der Waals surface area contributed by atoms with Gasteiger partial charge in [0.25, 0.3) is 0 Å². The lowest BCUT2D eigenvalue weighted by atomic mass is 9.99. The molecule has 0 aromatic rings. The average molecular weight is 295 g/mol. The van der Waals surface area contributed by atoms with Crippen molar-refractivity contribution in [1.82, 2.24) is 10.4 Å². The molecule has 0 aliphatic carbocycles. The van der Waals surface area contributed by atoms with Crippen LogP contribution in [-0.4, -0.2) is 53.6 Å². The smallest absolute Gasteiger partial charge is 0.413 e. The summed E-state index contributed by atoms with van der Waals surface area (Å²) in [4.78, 5) is 22.9. The first-order valence-corrected chi connectivity index (χ1v) is 6.37. The number of primary amides is 1. The Balaban J connectivity index is 2.90. The monoisotopic (exact) mass is 295 g/mol. The molecular formula is C8H13N3O7S. The van der Waals surface area contributed by atoms with Crippen molar-refractivity contribution in [3.05, 3.63) is 11.6 Å². The predicted octanol–water partition coefficient (Wildman–Crippen LogP) is -1.53. The minimum Gasteiger partial charge on any atom is -0.465 e. The van der Waals surface area contributed by atoms with E-state index in [0.29, 0.717) is 5.57 Å². The molecule has 2 atom stereocenters. The Morgan fingerprint density at radius 3 is 2.58 bits per heavy atom. The maximum absolute atomic E-state index is 11.2. The van der Waals surface area contributed by atoms with E-state index < -0.39 is 34.5 Å². The molecule has 0 saturated carbocycles. The van der Waals surface area contributed by atoms with Crippen LogP contribution in [0.5, 0.6) is 0 Å². The molecule has 0 fully saturated rings. The fourth-order valence-electron chi connectivity index (χ4n) is 1.78. The number of nitrogens with zero attached hydrogens (tertiary/aromatic N) is 1. The summed E-state index contributed by atoms with van der Waals surface area (Å²) in [5, 5.41) is 8.98. The fraction of sp³-hybridized carbons (Fsp3) is 0.500. The van der Waals surface area contributed by atoms with E-state index in [-0.39, 0.29) is 6.54 Å². The molecule has 19 heavy (non-hydrogen) atoms. The molecule has 11 heteroatoms. The van der Waals surface area contributed by atoms with E-state index in [1.54, 1.807) is 0 Å². The Bertz CT molecular complexity index is 514. The van der Waals surface area contributed by atoms with E-state index in [4.69, 9.17) is 15.4 Å². The number of carbonyl (C=O) groups excluding carboxylic acids is 1. The first-order chi connectivity index (χ1) is 8.61. The first-order valence-electron chi connectivity index (χ1n) is 5.00. The number of hydrogen-bond donors (Lipinski definition) is 4. The topological polar surface area (TPSA) is 159 Å². The quantitative estimate of drug-likeness (QED) is 0.276. The molecule has 0 bridgehead atoms. The summed E-state index contributed by atoms with van der Waals surface area (Å²) < 4.78 is 33.1. The number of nitrogens with two attached hydrogens (primary N) is 1. The summed E-state index contributed by atoms with van der Waals surface area (Å²) in [6.07, 6.45) is -0.00467. The number of rotatable bonds is 4. The third kappa shape index (κ3) is 4.17. The van der Waals surface area contributed by atoms with Gasteiger partial charge in [-0.15, -0.1) is 0 Å². The zero-order valence-corrected chi connectivity index (χ0v) is 10.6. The van der Waals surface area contributed by atoms with Crippen molar-refractivity contribution in [2.45, 2.75) is 19.0 Å². The van der Waals surface area contributed by atoms with E-state index in [1.807, 2.05) is 5.48 Å². The van der Waals surface area contributed by atoms with E-state index in [1.165, 1.54) is 13.0 Å². The zero-order valence-electron chi connectivity index (χ0n) is 9.81. The Labute approximate surface area is 108 Å². The second-order valence-electron chi connectivity index (χ2n) is 3.89. The SMILES string of the molecule is CC1=C[C@@H](NOS(=O)(=O)O)CN(C(=O)O)[C@@H]1C(N)=O. The molecule has 5 N–H and O–H groups in total. The molecule has 108 valence electrons. The lowest BCUT2D eigenvalue weighted by molar-refractivity contribution is -0.121. The Morgan fingerprint density at radius 2 is 2.16 bits per heavy atom. The predicted molar refractivity (Wildman–Crippen MR) is 61.0 cm³/mol.